The van der Waals surface area contributed by atoms with Crippen LogP contribution in [0.5, 0.6) is 0 Å². The van der Waals surface area contributed by atoms with Crippen LogP contribution < -0.4 is 0 Å². The number of nitrogens with zero attached hydrogens (tertiary/aromatic N) is 3. The predicted octanol–water partition coefficient (Wildman–Crippen LogP) is 3.25. The number of halogens is 1. The molecule has 0 atom stereocenters. The first kappa shape index (κ1) is 13.2. The SMILES string of the molecule is N#Cc1cn(-c2ccc(C(=O)O)cc2)c2nc(Cl)ccc12. The summed E-state index contributed by atoms with van der Waals surface area (Å²) in [4.78, 5) is 15.1. The fourth-order valence-corrected chi connectivity index (χ4v) is 2.27. The predicted molar refractivity (Wildman–Crippen MR) is 77.8 cm³/mol. The number of hydrogen-bond donors (Lipinski definition) is 1. The molecule has 0 radical (unpaired) electrons. The Hall–Kier alpha value is -2.84. The topological polar surface area (TPSA) is 78.9 Å². The molecule has 3 rings (SSSR count). The minimum Gasteiger partial charge on any atom is -0.478 e. The van der Waals surface area contributed by atoms with Gasteiger partial charge in [0.15, 0.2) is 0 Å². The second kappa shape index (κ2) is 4.93. The first-order valence-corrected chi connectivity index (χ1v) is 6.39. The molecule has 0 aliphatic carbocycles. The Labute approximate surface area is 124 Å². The first-order chi connectivity index (χ1) is 10.1. The van der Waals surface area contributed by atoms with Gasteiger partial charge >= 0.3 is 5.97 Å². The van der Waals surface area contributed by atoms with Crippen LogP contribution in [0.2, 0.25) is 5.15 Å². The van der Waals surface area contributed by atoms with Gasteiger partial charge in [-0.2, -0.15) is 5.26 Å². The summed E-state index contributed by atoms with van der Waals surface area (Å²) >= 11 is 5.91. The molecule has 0 aliphatic rings. The Balaban J connectivity index is 2.22. The molecule has 0 amide bonds. The Bertz CT molecular complexity index is 892. The van der Waals surface area contributed by atoms with E-state index in [-0.39, 0.29) is 5.56 Å². The quantitative estimate of drug-likeness (QED) is 0.736. The van der Waals surface area contributed by atoms with Gasteiger partial charge in [0, 0.05) is 17.3 Å². The van der Waals surface area contributed by atoms with E-state index in [1.165, 1.54) is 12.1 Å². The molecule has 3 aromatic rings. The van der Waals surface area contributed by atoms with Crippen LogP contribution in [0.25, 0.3) is 16.7 Å². The molecule has 2 heterocycles. The molecule has 5 nitrogen and oxygen atoms in total. The van der Waals surface area contributed by atoms with E-state index >= 15 is 0 Å². The van der Waals surface area contributed by atoms with E-state index in [1.54, 1.807) is 35.0 Å². The van der Waals surface area contributed by atoms with Crippen LogP contribution in [-0.4, -0.2) is 20.6 Å². The standard InChI is InChI=1S/C15H8ClN3O2/c16-13-6-5-12-10(7-17)8-19(14(12)18-13)11-3-1-9(2-4-11)15(20)21/h1-6,8H,(H,20,21). The molecular weight excluding hydrogens is 290 g/mol. The van der Waals surface area contributed by atoms with Crippen molar-refractivity contribution in [2.24, 2.45) is 0 Å². The third-order valence-corrected chi connectivity index (χ3v) is 3.34. The number of carboxylic acid groups (broad SMARTS) is 1. The van der Waals surface area contributed by atoms with Crippen molar-refractivity contribution >= 4 is 28.6 Å². The van der Waals surface area contributed by atoms with E-state index in [1.807, 2.05) is 0 Å². The molecule has 0 saturated carbocycles. The maximum absolute atomic E-state index is 10.9. The number of fused-ring (bicyclic) bond motifs is 1. The summed E-state index contributed by atoms with van der Waals surface area (Å²) in [6.07, 6.45) is 1.66. The lowest BCUT2D eigenvalue weighted by Crippen LogP contribution is -1.98. The molecule has 102 valence electrons. The number of carboxylic acids is 1. The summed E-state index contributed by atoms with van der Waals surface area (Å²) in [7, 11) is 0. The highest BCUT2D eigenvalue weighted by Crippen LogP contribution is 2.24. The third kappa shape index (κ3) is 2.22. The molecule has 21 heavy (non-hydrogen) atoms. The van der Waals surface area contributed by atoms with Crippen molar-refractivity contribution < 1.29 is 9.90 Å². The zero-order valence-corrected chi connectivity index (χ0v) is 11.4. The van der Waals surface area contributed by atoms with E-state index in [0.717, 1.165) is 0 Å². The first-order valence-electron chi connectivity index (χ1n) is 6.01. The van der Waals surface area contributed by atoms with Crippen molar-refractivity contribution in [3.05, 3.63) is 58.9 Å². The minimum atomic E-state index is -0.988. The normalized spacial score (nSPS) is 10.5. The van der Waals surface area contributed by atoms with E-state index in [2.05, 4.69) is 11.1 Å². The number of carbonyl (C=O) groups is 1. The van der Waals surface area contributed by atoms with Gasteiger partial charge in [0.25, 0.3) is 0 Å². The zero-order chi connectivity index (χ0) is 15.0. The summed E-state index contributed by atoms with van der Waals surface area (Å²) in [6, 6.07) is 11.8. The van der Waals surface area contributed by atoms with Crippen molar-refractivity contribution in [3.63, 3.8) is 0 Å². The lowest BCUT2D eigenvalue weighted by atomic mass is 10.2. The van der Waals surface area contributed by atoms with Crippen molar-refractivity contribution in [2.45, 2.75) is 0 Å². The maximum atomic E-state index is 10.9. The highest BCUT2D eigenvalue weighted by molar-refractivity contribution is 6.29. The number of hydrogen-bond acceptors (Lipinski definition) is 3. The highest BCUT2D eigenvalue weighted by atomic mass is 35.5. The zero-order valence-electron chi connectivity index (χ0n) is 10.6. The smallest absolute Gasteiger partial charge is 0.335 e. The summed E-state index contributed by atoms with van der Waals surface area (Å²) in [5, 5.41) is 19.1. The fourth-order valence-electron chi connectivity index (χ4n) is 2.13. The Morgan fingerprint density at radius 1 is 1.24 bits per heavy atom. The van der Waals surface area contributed by atoms with Crippen LogP contribution in [0.3, 0.4) is 0 Å². The monoisotopic (exact) mass is 297 g/mol. The fraction of sp³-hybridized carbons (Fsp3) is 0. The van der Waals surface area contributed by atoms with Gasteiger partial charge in [-0.3, -0.25) is 4.57 Å². The lowest BCUT2D eigenvalue weighted by molar-refractivity contribution is 0.0697. The number of aromatic carboxylic acids is 1. The van der Waals surface area contributed by atoms with Crippen LogP contribution in [0.4, 0.5) is 0 Å². The van der Waals surface area contributed by atoms with Gasteiger partial charge in [-0.1, -0.05) is 11.6 Å². The van der Waals surface area contributed by atoms with E-state index in [0.29, 0.717) is 27.4 Å². The number of benzene rings is 1. The maximum Gasteiger partial charge on any atom is 0.335 e. The minimum absolute atomic E-state index is 0.196. The number of nitriles is 1. The van der Waals surface area contributed by atoms with Gasteiger partial charge in [0.2, 0.25) is 0 Å². The molecule has 0 unspecified atom stereocenters. The van der Waals surface area contributed by atoms with Crippen LogP contribution in [-0.2, 0) is 0 Å². The number of aromatic nitrogens is 2. The second-order valence-electron chi connectivity index (χ2n) is 4.38. The molecule has 0 aliphatic heterocycles. The second-order valence-corrected chi connectivity index (χ2v) is 4.77. The molecule has 0 bridgehead atoms. The summed E-state index contributed by atoms with van der Waals surface area (Å²) in [5.41, 5.74) is 1.95. The van der Waals surface area contributed by atoms with Crippen molar-refractivity contribution in [2.75, 3.05) is 0 Å². The van der Waals surface area contributed by atoms with E-state index in [4.69, 9.17) is 16.7 Å². The van der Waals surface area contributed by atoms with E-state index in [9.17, 15) is 10.1 Å². The molecule has 0 fully saturated rings. The van der Waals surface area contributed by atoms with Gasteiger partial charge in [-0.05, 0) is 36.4 Å². The molecule has 0 saturated heterocycles. The van der Waals surface area contributed by atoms with Crippen LogP contribution >= 0.6 is 11.6 Å². The summed E-state index contributed by atoms with van der Waals surface area (Å²) in [6.45, 7) is 0. The van der Waals surface area contributed by atoms with Gasteiger partial charge < -0.3 is 5.11 Å². The van der Waals surface area contributed by atoms with Crippen LogP contribution in [0, 0.1) is 11.3 Å². The molecule has 2 aromatic heterocycles. The Morgan fingerprint density at radius 2 is 1.95 bits per heavy atom. The van der Waals surface area contributed by atoms with Gasteiger partial charge in [-0.25, -0.2) is 9.78 Å². The summed E-state index contributed by atoms with van der Waals surface area (Å²) in [5.74, 6) is -0.988. The van der Waals surface area contributed by atoms with Gasteiger partial charge in [0.05, 0.1) is 11.1 Å². The number of pyridine rings is 1. The third-order valence-electron chi connectivity index (χ3n) is 3.13. The Morgan fingerprint density at radius 3 is 2.57 bits per heavy atom. The summed E-state index contributed by atoms with van der Waals surface area (Å²) < 4.78 is 1.71. The van der Waals surface area contributed by atoms with Gasteiger partial charge in [-0.15, -0.1) is 0 Å². The van der Waals surface area contributed by atoms with Crippen molar-refractivity contribution in [3.8, 4) is 11.8 Å². The lowest BCUT2D eigenvalue weighted by Gasteiger charge is -2.05. The van der Waals surface area contributed by atoms with Crippen molar-refractivity contribution in [1.82, 2.24) is 9.55 Å². The van der Waals surface area contributed by atoms with Crippen LogP contribution in [0.15, 0.2) is 42.6 Å². The average Bonchev–Trinajstić information content (AvgIpc) is 2.85. The largest absolute Gasteiger partial charge is 0.478 e. The molecule has 6 heteroatoms. The number of rotatable bonds is 2. The van der Waals surface area contributed by atoms with Crippen molar-refractivity contribution in [1.29, 1.82) is 5.26 Å². The average molecular weight is 298 g/mol. The van der Waals surface area contributed by atoms with Gasteiger partial charge in [0.1, 0.15) is 16.9 Å². The molecule has 1 N–H and O–H groups in total. The Kier molecular flexibility index (Phi) is 3.09. The molecule has 0 spiro atoms. The highest BCUT2D eigenvalue weighted by Gasteiger charge is 2.12. The van der Waals surface area contributed by atoms with E-state index < -0.39 is 5.97 Å². The molecule has 1 aromatic carbocycles. The van der Waals surface area contributed by atoms with Crippen LogP contribution in [0.1, 0.15) is 15.9 Å². The molecular formula is C15H8ClN3O2.